The highest BCUT2D eigenvalue weighted by Gasteiger charge is 2.23. The summed E-state index contributed by atoms with van der Waals surface area (Å²) in [6, 6.07) is 55.0. The van der Waals surface area contributed by atoms with Crippen LogP contribution in [0.25, 0.3) is 105 Å². The SMILES string of the molecule is c1ccc(-c2nc(-c3ccc4oc5ccccc5c4c3)nc(-n3c4ccc5ccccc5c4c4c5ccccc5c5ccccc5c43)n2)cc1. The number of fused-ring (bicyclic) bond motifs is 13. The molecule has 0 radical (unpaired) electrons. The van der Waals surface area contributed by atoms with Gasteiger partial charge < -0.3 is 4.42 Å². The van der Waals surface area contributed by atoms with Gasteiger partial charge in [-0.3, -0.25) is 4.57 Å². The molecule has 0 aliphatic heterocycles. The second-order valence-electron chi connectivity index (χ2n) is 12.8. The second kappa shape index (κ2) is 10.3. The first-order valence-corrected chi connectivity index (χ1v) is 16.8. The van der Waals surface area contributed by atoms with Crippen molar-refractivity contribution in [1.82, 2.24) is 19.5 Å². The zero-order valence-electron chi connectivity index (χ0n) is 26.7. The van der Waals surface area contributed by atoms with Gasteiger partial charge in [-0.1, -0.05) is 127 Å². The van der Waals surface area contributed by atoms with Crippen LogP contribution in [0.1, 0.15) is 0 Å². The lowest BCUT2D eigenvalue weighted by atomic mass is 9.95. The molecule has 0 amide bonds. The largest absolute Gasteiger partial charge is 0.456 e. The van der Waals surface area contributed by atoms with E-state index in [1.807, 2.05) is 48.5 Å². The van der Waals surface area contributed by atoms with Crippen LogP contribution in [-0.4, -0.2) is 19.5 Å². The molecule has 50 heavy (non-hydrogen) atoms. The Labute approximate surface area is 285 Å². The van der Waals surface area contributed by atoms with E-state index in [0.29, 0.717) is 17.6 Å². The zero-order chi connectivity index (χ0) is 32.8. The first-order chi connectivity index (χ1) is 24.8. The Morgan fingerprint density at radius 2 is 1.02 bits per heavy atom. The number of hydrogen-bond donors (Lipinski definition) is 0. The van der Waals surface area contributed by atoms with Crippen molar-refractivity contribution in [3.8, 4) is 28.7 Å². The molecule has 11 aromatic rings. The van der Waals surface area contributed by atoms with Crippen LogP contribution in [0.15, 0.2) is 162 Å². The van der Waals surface area contributed by atoms with Crippen molar-refractivity contribution in [2.45, 2.75) is 0 Å². The van der Waals surface area contributed by atoms with Gasteiger partial charge in [0.05, 0.1) is 11.0 Å². The van der Waals surface area contributed by atoms with E-state index in [4.69, 9.17) is 19.4 Å². The van der Waals surface area contributed by atoms with Crippen molar-refractivity contribution >= 4 is 76.1 Å². The molecule has 8 aromatic carbocycles. The smallest absolute Gasteiger partial charge is 0.238 e. The van der Waals surface area contributed by atoms with Gasteiger partial charge in [0.1, 0.15) is 11.2 Å². The summed E-state index contributed by atoms with van der Waals surface area (Å²) >= 11 is 0. The van der Waals surface area contributed by atoms with Crippen LogP contribution in [0.2, 0.25) is 0 Å². The molecule has 0 N–H and O–H groups in total. The third-order valence-electron chi connectivity index (χ3n) is 10.0. The second-order valence-corrected chi connectivity index (χ2v) is 12.8. The Kier molecular flexibility index (Phi) is 5.60. The van der Waals surface area contributed by atoms with E-state index in [2.05, 4.69) is 114 Å². The lowest BCUT2D eigenvalue weighted by Gasteiger charge is -2.13. The van der Waals surface area contributed by atoms with Crippen LogP contribution in [0.4, 0.5) is 0 Å². The van der Waals surface area contributed by atoms with Crippen LogP contribution in [0, 0.1) is 0 Å². The lowest BCUT2D eigenvalue weighted by Crippen LogP contribution is -2.06. The van der Waals surface area contributed by atoms with E-state index < -0.39 is 0 Å². The summed E-state index contributed by atoms with van der Waals surface area (Å²) in [5.41, 5.74) is 5.64. The number of hydrogen-bond acceptors (Lipinski definition) is 4. The highest BCUT2D eigenvalue weighted by Crippen LogP contribution is 2.44. The average molecular weight is 639 g/mol. The summed E-state index contributed by atoms with van der Waals surface area (Å²) < 4.78 is 8.43. The van der Waals surface area contributed by atoms with Crippen molar-refractivity contribution in [3.63, 3.8) is 0 Å². The molecule has 0 atom stereocenters. The van der Waals surface area contributed by atoms with Crippen LogP contribution >= 0.6 is 0 Å². The summed E-state index contributed by atoms with van der Waals surface area (Å²) in [5, 5.41) is 11.6. The molecular formula is C45H26N4O. The van der Waals surface area contributed by atoms with Gasteiger partial charge in [0.2, 0.25) is 5.95 Å². The average Bonchev–Trinajstić information content (AvgIpc) is 3.75. The molecule has 0 saturated heterocycles. The van der Waals surface area contributed by atoms with Crippen molar-refractivity contribution in [1.29, 1.82) is 0 Å². The maximum Gasteiger partial charge on any atom is 0.238 e. The molecule has 0 aliphatic rings. The summed E-state index contributed by atoms with van der Waals surface area (Å²) in [6.45, 7) is 0. The van der Waals surface area contributed by atoms with Crippen molar-refractivity contribution in [3.05, 3.63) is 158 Å². The number of aromatic nitrogens is 4. The first kappa shape index (κ1) is 27.1. The quantitative estimate of drug-likeness (QED) is 0.181. The molecule has 5 nitrogen and oxygen atoms in total. The van der Waals surface area contributed by atoms with E-state index in [1.165, 1.54) is 37.7 Å². The Bertz CT molecular complexity index is 3160. The van der Waals surface area contributed by atoms with E-state index in [0.717, 1.165) is 49.5 Å². The number of rotatable bonds is 3. The fraction of sp³-hybridized carbons (Fsp3) is 0. The number of nitrogens with zero attached hydrogens (tertiary/aromatic N) is 4. The number of benzene rings is 8. The normalized spacial score (nSPS) is 12.0. The molecule has 0 unspecified atom stereocenters. The molecule has 0 saturated carbocycles. The zero-order valence-corrected chi connectivity index (χ0v) is 26.7. The van der Waals surface area contributed by atoms with Crippen molar-refractivity contribution in [2.75, 3.05) is 0 Å². The Hall–Kier alpha value is -6.85. The summed E-state index contributed by atoms with van der Waals surface area (Å²) in [6.07, 6.45) is 0. The molecule has 3 aromatic heterocycles. The molecule has 5 heteroatoms. The molecule has 0 bridgehead atoms. The fourth-order valence-corrected chi connectivity index (χ4v) is 7.82. The van der Waals surface area contributed by atoms with E-state index in [-0.39, 0.29) is 0 Å². The minimum Gasteiger partial charge on any atom is -0.456 e. The molecule has 3 heterocycles. The molecule has 0 aliphatic carbocycles. The molecule has 0 fully saturated rings. The topological polar surface area (TPSA) is 56.7 Å². The predicted molar refractivity (Wildman–Crippen MR) is 205 cm³/mol. The first-order valence-electron chi connectivity index (χ1n) is 16.8. The summed E-state index contributed by atoms with van der Waals surface area (Å²) in [7, 11) is 0. The standard InChI is InChI=1S/C45H26N4O/c1-2-13-28(14-3-1)43-46-44(29-23-25-39-36(26-29)33-18-10-11-21-38(33)50-39)48-45(47-43)49-37-24-22-27-12-4-5-15-30(27)40(37)41-34-19-8-6-16-31(34)32-17-7-9-20-35(32)42(41)49/h1-26H. The van der Waals surface area contributed by atoms with Gasteiger partial charge in [-0.15, -0.1) is 0 Å². The number of para-hydroxylation sites is 1. The van der Waals surface area contributed by atoms with Gasteiger partial charge in [0, 0.05) is 38.1 Å². The predicted octanol–water partition coefficient (Wildman–Crippen LogP) is 11.7. The maximum atomic E-state index is 6.17. The van der Waals surface area contributed by atoms with Crippen LogP contribution in [0.3, 0.4) is 0 Å². The van der Waals surface area contributed by atoms with E-state index in [9.17, 15) is 0 Å². The van der Waals surface area contributed by atoms with Gasteiger partial charge in [0.25, 0.3) is 0 Å². The summed E-state index contributed by atoms with van der Waals surface area (Å²) in [5.74, 6) is 1.78. The van der Waals surface area contributed by atoms with Gasteiger partial charge in [0.15, 0.2) is 11.6 Å². The highest BCUT2D eigenvalue weighted by molar-refractivity contribution is 6.35. The third kappa shape index (κ3) is 3.86. The van der Waals surface area contributed by atoms with Crippen LogP contribution in [-0.2, 0) is 0 Å². The molecule has 232 valence electrons. The summed E-state index contributed by atoms with van der Waals surface area (Å²) in [4.78, 5) is 15.7. The lowest BCUT2D eigenvalue weighted by molar-refractivity contribution is 0.669. The minimum atomic E-state index is 0.571. The van der Waals surface area contributed by atoms with Gasteiger partial charge in [-0.05, 0) is 57.3 Å². The minimum absolute atomic E-state index is 0.571. The van der Waals surface area contributed by atoms with Gasteiger partial charge >= 0.3 is 0 Å². The van der Waals surface area contributed by atoms with Crippen LogP contribution < -0.4 is 0 Å². The van der Waals surface area contributed by atoms with E-state index >= 15 is 0 Å². The maximum absolute atomic E-state index is 6.17. The Morgan fingerprint density at radius 1 is 0.400 bits per heavy atom. The number of furan rings is 1. The molecule has 11 rings (SSSR count). The third-order valence-corrected chi connectivity index (χ3v) is 10.0. The monoisotopic (exact) mass is 638 g/mol. The van der Waals surface area contributed by atoms with Crippen molar-refractivity contribution < 1.29 is 4.42 Å². The Morgan fingerprint density at radius 3 is 1.84 bits per heavy atom. The highest BCUT2D eigenvalue weighted by atomic mass is 16.3. The van der Waals surface area contributed by atoms with Crippen molar-refractivity contribution in [2.24, 2.45) is 0 Å². The van der Waals surface area contributed by atoms with Gasteiger partial charge in [-0.25, -0.2) is 4.98 Å². The van der Waals surface area contributed by atoms with Crippen LogP contribution in [0.5, 0.6) is 0 Å². The Balaban J connectivity index is 1.31. The molecular weight excluding hydrogens is 613 g/mol. The van der Waals surface area contributed by atoms with Gasteiger partial charge in [-0.2, -0.15) is 9.97 Å². The molecule has 0 spiro atoms. The van der Waals surface area contributed by atoms with E-state index in [1.54, 1.807) is 0 Å². The fourth-order valence-electron chi connectivity index (χ4n) is 7.82.